The first-order valence-electron chi connectivity index (χ1n) is 5.64. The second-order valence-electron chi connectivity index (χ2n) is 3.60. The third-order valence-electron chi connectivity index (χ3n) is 2.32. The highest BCUT2D eigenvalue weighted by atomic mass is 14.5. The van der Waals surface area contributed by atoms with E-state index in [0.717, 1.165) is 37.8 Å². The molecule has 0 amide bonds. The summed E-state index contributed by atoms with van der Waals surface area (Å²) in [5.74, 6) is 6.37. The predicted octanol–water partition coefficient (Wildman–Crippen LogP) is 2.73. The Labute approximate surface area is 92.7 Å². The summed E-state index contributed by atoms with van der Waals surface area (Å²) >= 11 is 0. The molecule has 0 unspecified atom stereocenters. The van der Waals surface area contributed by atoms with Crippen molar-refractivity contribution in [3.63, 3.8) is 0 Å². The Morgan fingerprint density at radius 1 is 1.27 bits per heavy atom. The maximum Gasteiger partial charge on any atom is 0.0247 e. The summed E-state index contributed by atoms with van der Waals surface area (Å²) in [6.45, 7) is 2.93. The number of aryl methyl sites for hydroxylation is 1. The van der Waals surface area contributed by atoms with Crippen LogP contribution in [0.3, 0.4) is 0 Å². The van der Waals surface area contributed by atoms with Gasteiger partial charge in [-0.15, -0.1) is 0 Å². The largest absolute Gasteiger partial charge is 0.330 e. The van der Waals surface area contributed by atoms with Crippen LogP contribution in [0.2, 0.25) is 0 Å². The molecule has 0 heterocycles. The molecule has 0 saturated heterocycles. The summed E-state index contributed by atoms with van der Waals surface area (Å²) in [4.78, 5) is 0. The van der Waals surface area contributed by atoms with E-state index >= 15 is 0 Å². The minimum absolute atomic E-state index is 0.771. The smallest absolute Gasteiger partial charge is 0.0247 e. The van der Waals surface area contributed by atoms with Gasteiger partial charge in [0, 0.05) is 12.0 Å². The number of unbranched alkanes of at least 4 members (excludes halogenated alkanes) is 2. The van der Waals surface area contributed by atoms with Crippen molar-refractivity contribution in [3.8, 4) is 11.8 Å². The highest BCUT2D eigenvalue weighted by molar-refractivity contribution is 5.37. The fourth-order valence-electron chi connectivity index (χ4n) is 1.39. The summed E-state index contributed by atoms with van der Waals surface area (Å²) in [5.41, 5.74) is 7.89. The van der Waals surface area contributed by atoms with Crippen molar-refractivity contribution in [2.75, 3.05) is 6.54 Å². The normalized spacial score (nSPS) is 9.47. The van der Waals surface area contributed by atoms with Crippen LogP contribution in [0.25, 0.3) is 0 Å². The third-order valence-corrected chi connectivity index (χ3v) is 2.32. The van der Waals surface area contributed by atoms with Crippen molar-refractivity contribution in [1.82, 2.24) is 0 Å². The zero-order chi connectivity index (χ0) is 10.9. The number of benzene rings is 1. The summed E-state index contributed by atoms with van der Waals surface area (Å²) in [6, 6.07) is 8.44. The molecule has 0 aliphatic heterocycles. The number of nitrogens with two attached hydrogens (primary N) is 1. The van der Waals surface area contributed by atoms with Gasteiger partial charge in [0.05, 0.1) is 0 Å². The first-order valence-corrected chi connectivity index (χ1v) is 5.64. The van der Waals surface area contributed by atoms with Gasteiger partial charge in [0.1, 0.15) is 0 Å². The number of rotatable bonds is 4. The average Bonchev–Trinajstić information content (AvgIpc) is 2.29. The van der Waals surface area contributed by atoms with E-state index in [2.05, 4.69) is 43.0 Å². The topological polar surface area (TPSA) is 26.0 Å². The molecule has 0 aliphatic carbocycles. The van der Waals surface area contributed by atoms with Gasteiger partial charge in [0.15, 0.2) is 0 Å². The second-order valence-corrected chi connectivity index (χ2v) is 3.60. The first-order chi connectivity index (χ1) is 7.36. The van der Waals surface area contributed by atoms with Gasteiger partial charge >= 0.3 is 0 Å². The fourth-order valence-corrected chi connectivity index (χ4v) is 1.39. The Morgan fingerprint density at radius 3 is 2.87 bits per heavy atom. The van der Waals surface area contributed by atoms with Crippen LogP contribution >= 0.6 is 0 Å². The summed E-state index contributed by atoms with van der Waals surface area (Å²) in [6.07, 6.45) is 4.21. The van der Waals surface area contributed by atoms with Gasteiger partial charge in [-0.2, -0.15) is 0 Å². The van der Waals surface area contributed by atoms with Gasteiger partial charge < -0.3 is 5.73 Å². The maximum atomic E-state index is 5.41. The van der Waals surface area contributed by atoms with Crippen LogP contribution in [0, 0.1) is 11.8 Å². The minimum atomic E-state index is 0.771. The van der Waals surface area contributed by atoms with Crippen molar-refractivity contribution in [1.29, 1.82) is 0 Å². The fraction of sp³-hybridized carbons (Fsp3) is 0.429. The molecular weight excluding hydrogens is 182 g/mol. The molecule has 1 nitrogen and oxygen atoms in total. The van der Waals surface area contributed by atoms with Gasteiger partial charge in [-0.25, -0.2) is 0 Å². The van der Waals surface area contributed by atoms with Gasteiger partial charge in [0.2, 0.25) is 0 Å². The SMILES string of the molecule is CCc1cccc(C#CCCCCN)c1. The molecule has 0 aromatic heterocycles. The van der Waals surface area contributed by atoms with E-state index in [1.54, 1.807) is 0 Å². The van der Waals surface area contributed by atoms with Crippen LogP contribution in [0.1, 0.15) is 37.3 Å². The quantitative estimate of drug-likeness (QED) is 0.588. The predicted molar refractivity (Wildman–Crippen MR) is 65.6 cm³/mol. The summed E-state index contributed by atoms with van der Waals surface area (Å²) in [7, 11) is 0. The third kappa shape index (κ3) is 4.67. The highest BCUT2D eigenvalue weighted by Crippen LogP contribution is 2.04. The van der Waals surface area contributed by atoms with E-state index in [1.807, 2.05) is 0 Å². The maximum absolute atomic E-state index is 5.41. The van der Waals surface area contributed by atoms with Gasteiger partial charge in [-0.05, 0) is 43.5 Å². The van der Waals surface area contributed by atoms with E-state index in [-0.39, 0.29) is 0 Å². The van der Waals surface area contributed by atoms with Gasteiger partial charge in [0.25, 0.3) is 0 Å². The Hall–Kier alpha value is -1.26. The molecule has 15 heavy (non-hydrogen) atoms. The molecule has 0 fully saturated rings. The first kappa shape index (κ1) is 11.8. The van der Waals surface area contributed by atoms with E-state index in [1.165, 1.54) is 5.56 Å². The monoisotopic (exact) mass is 201 g/mol. The Bertz CT molecular complexity index is 344. The lowest BCUT2D eigenvalue weighted by Crippen LogP contribution is -1.96. The lowest BCUT2D eigenvalue weighted by Gasteiger charge is -1.96. The van der Waals surface area contributed by atoms with Crippen molar-refractivity contribution in [2.24, 2.45) is 5.73 Å². The molecular formula is C14H19N. The lowest BCUT2D eigenvalue weighted by molar-refractivity contribution is 0.768. The zero-order valence-corrected chi connectivity index (χ0v) is 9.42. The van der Waals surface area contributed by atoms with Gasteiger partial charge in [-0.3, -0.25) is 0 Å². The molecule has 0 spiro atoms. The highest BCUT2D eigenvalue weighted by Gasteiger charge is 1.89. The van der Waals surface area contributed by atoms with Crippen LogP contribution in [0.4, 0.5) is 0 Å². The van der Waals surface area contributed by atoms with Crippen LogP contribution in [0.15, 0.2) is 24.3 Å². The summed E-state index contributed by atoms with van der Waals surface area (Å²) in [5, 5.41) is 0. The molecule has 1 rings (SSSR count). The number of hydrogen-bond donors (Lipinski definition) is 1. The van der Waals surface area contributed by atoms with Crippen LogP contribution in [-0.2, 0) is 6.42 Å². The molecule has 80 valence electrons. The standard InChI is InChI=1S/C14H19N/c1-2-13-9-7-10-14(12-13)8-5-3-4-6-11-15/h7,9-10,12H,2-4,6,11,15H2,1H3. The Balaban J connectivity index is 2.48. The van der Waals surface area contributed by atoms with Crippen molar-refractivity contribution in [2.45, 2.75) is 32.6 Å². The van der Waals surface area contributed by atoms with Crippen LogP contribution in [-0.4, -0.2) is 6.54 Å². The second kappa shape index (κ2) is 7.09. The molecule has 0 aliphatic rings. The van der Waals surface area contributed by atoms with Crippen LogP contribution in [0.5, 0.6) is 0 Å². The van der Waals surface area contributed by atoms with Crippen molar-refractivity contribution in [3.05, 3.63) is 35.4 Å². The molecule has 0 bridgehead atoms. The molecule has 1 aromatic rings. The lowest BCUT2D eigenvalue weighted by atomic mass is 10.1. The molecule has 1 aromatic carbocycles. The minimum Gasteiger partial charge on any atom is -0.330 e. The summed E-state index contributed by atoms with van der Waals surface area (Å²) < 4.78 is 0. The molecule has 0 radical (unpaired) electrons. The Morgan fingerprint density at radius 2 is 2.13 bits per heavy atom. The number of hydrogen-bond acceptors (Lipinski definition) is 1. The van der Waals surface area contributed by atoms with Crippen molar-refractivity contribution < 1.29 is 0 Å². The molecule has 1 heteroatoms. The van der Waals surface area contributed by atoms with E-state index in [4.69, 9.17) is 5.73 Å². The van der Waals surface area contributed by atoms with E-state index in [9.17, 15) is 0 Å². The Kier molecular flexibility index (Phi) is 5.58. The van der Waals surface area contributed by atoms with E-state index in [0.29, 0.717) is 0 Å². The molecule has 2 N–H and O–H groups in total. The molecule has 0 saturated carbocycles. The van der Waals surface area contributed by atoms with Crippen LogP contribution < -0.4 is 5.73 Å². The zero-order valence-electron chi connectivity index (χ0n) is 9.42. The molecule has 0 atom stereocenters. The van der Waals surface area contributed by atoms with Gasteiger partial charge in [-0.1, -0.05) is 30.9 Å². The van der Waals surface area contributed by atoms with E-state index < -0.39 is 0 Å². The van der Waals surface area contributed by atoms with Crippen molar-refractivity contribution >= 4 is 0 Å². The average molecular weight is 201 g/mol.